The third-order valence-corrected chi connectivity index (χ3v) is 3.09. The summed E-state index contributed by atoms with van der Waals surface area (Å²) in [6.07, 6.45) is 3.79. The minimum absolute atomic E-state index is 0.0610. The Kier molecular flexibility index (Phi) is 3.87. The zero-order valence-corrected chi connectivity index (χ0v) is 11.1. The first-order chi connectivity index (χ1) is 8.60. The number of aromatic nitrogens is 2. The van der Waals surface area contributed by atoms with Gasteiger partial charge >= 0.3 is 0 Å². The first-order valence-electron chi connectivity index (χ1n) is 5.84. The molecule has 0 aliphatic heterocycles. The van der Waals surface area contributed by atoms with E-state index in [2.05, 4.69) is 10.4 Å². The molecule has 2 rings (SSSR count). The van der Waals surface area contributed by atoms with E-state index < -0.39 is 5.82 Å². The van der Waals surface area contributed by atoms with Gasteiger partial charge in [-0.1, -0.05) is 11.6 Å². The molecular formula is C13H15ClFN3. The molecule has 0 aliphatic carbocycles. The molecule has 0 saturated heterocycles. The molecule has 5 heteroatoms. The highest BCUT2D eigenvalue weighted by molar-refractivity contribution is 6.30. The van der Waals surface area contributed by atoms with Gasteiger partial charge in [-0.3, -0.25) is 4.68 Å². The van der Waals surface area contributed by atoms with Gasteiger partial charge in [-0.15, -0.1) is 0 Å². The molecule has 1 atom stereocenters. The van der Waals surface area contributed by atoms with Crippen LogP contribution < -0.4 is 5.32 Å². The fourth-order valence-corrected chi connectivity index (χ4v) is 1.81. The summed E-state index contributed by atoms with van der Waals surface area (Å²) in [6, 6.07) is 4.75. The number of hydrogen-bond donors (Lipinski definition) is 1. The maximum atomic E-state index is 13.3. The van der Waals surface area contributed by atoms with Crippen molar-refractivity contribution < 1.29 is 4.39 Å². The third kappa shape index (κ3) is 2.82. The normalized spacial score (nSPS) is 12.4. The molecule has 2 aromatic rings. The summed E-state index contributed by atoms with van der Waals surface area (Å²) < 4.78 is 15.2. The highest BCUT2D eigenvalue weighted by Gasteiger charge is 2.09. The van der Waals surface area contributed by atoms with Crippen LogP contribution in [0.25, 0.3) is 0 Å². The van der Waals surface area contributed by atoms with Gasteiger partial charge in [-0.25, -0.2) is 4.39 Å². The summed E-state index contributed by atoms with van der Waals surface area (Å²) >= 11 is 5.64. The average Bonchev–Trinajstić information content (AvgIpc) is 2.82. The van der Waals surface area contributed by atoms with Gasteiger partial charge in [-0.05, 0) is 32.0 Å². The van der Waals surface area contributed by atoms with Crippen LogP contribution in [0.3, 0.4) is 0 Å². The van der Waals surface area contributed by atoms with Gasteiger partial charge in [-0.2, -0.15) is 5.10 Å². The zero-order chi connectivity index (χ0) is 13.1. The second kappa shape index (κ2) is 5.40. The minimum atomic E-state index is -0.418. The van der Waals surface area contributed by atoms with Crippen molar-refractivity contribution in [1.82, 2.24) is 9.78 Å². The van der Waals surface area contributed by atoms with Gasteiger partial charge in [0.2, 0.25) is 0 Å². The van der Waals surface area contributed by atoms with E-state index in [-0.39, 0.29) is 11.1 Å². The van der Waals surface area contributed by atoms with Crippen molar-refractivity contribution in [2.24, 2.45) is 0 Å². The topological polar surface area (TPSA) is 29.9 Å². The van der Waals surface area contributed by atoms with Crippen LogP contribution in [0.2, 0.25) is 5.02 Å². The number of nitrogens with one attached hydrogen (secondary N) is 1. The van der Waals surface area contributed by atoms with Crippen LogP contribution in [0.5, 0.6) is 0 Å². The van der Waals surface area contributed by atoms with E-state index in [0.717, 1.165) is 12.1 Å². The molecule has 1 N–H and O–H groups in total. The Morgan fingerprint density at radius 3 is 2.89 bits per heavy atom. The second-order valence-electron chi connectivity index (χ2n) is 4.12. The van der Waals surface area contributed by atoms with Gasteiger partial charge in [0.05, 0.1) is 17.3 Å². The van der Waals surface area contributed by atoms with Crippen molar-refractivity contribution in [2.75, 3.05) is 5.32 Å². The summed E-state index contributed by atoms with van der Waals surface area (Å²) in [4.78, 5) is 0. The molecule has 0 radical (unpaired) electrons. The molecule has 18 heavy (non-hydrogen) atoms. The van der Waals surface area contributed by atoms with E-state index >= 15 is 0 Å². The van der Waals surface area contributed by atoms with E-state index in [1.807, 2.05) is 30.9 Å². The zero-order valence-electron chi connectivity index (χ0n) is 10.3. The SMILES string of the molecule is CCn1cc(C(C)Nc2ccc(Cl)c(F)c2)cn1. The number of nitrogens with zero attached hydrogens (tertiary/aromatic N) is 2. The lowest BCUT2D eigenvalue weighted by atomic mass is 10.2. The van der Waals surface area contributed by atoms with Crippen LogP contribution >= 0.6 is 11.6 Å². The van der Waals surface area contributed by atoms with Crippen LogP contribution in [0.4, 0.5) is 10.1 Å². The van der Waals surface area contributed by atoms with Gasteiger partial charge in [0.25, 0.3) is 0 Å². The van der Waals surface area contributed by atoms with E-state index in [1.165, 1.54) is 6.07 Å². The van der Waals surface area contributed by atoms with Crippen LogP contribution in [0, 0.1) is 5.82 Å². The van der Waals surface area contributed by atoms with E-state index in [0.29, 0.717) is 5.69 Å². The standard InChI is InChI=1S/C13H15ClFN3/c1-3-18-8-10(7-16-18)9(2)17-11-4-5-12(14)13(15)6-11/h4-9,17H,3H2,1-2H3. The first kappa shape index (κ1) is 12.9. The predicted molar refractivity (Wildman–Crippen MR) is 71.3 cm³/mol. The quantitative estimate of drug-likeness (QED) is 0.911. The monoisotopic (exact) mass is 267 g/mol. The van der Waals surface area contributed by atoms with Crippen molar-refractivity contribution in [2.45, 2.75) is 26.4 Å². The lowest BCUT2D eigenvalue weighted by molar-refractivity contribution is 0.628. The Balaban J connectivity index is 2.10. The van der Waals surface area contributed by atoms with Gasteiger partial charge < -0.3 is 5.32 Å². The molecule has 0 amide bonds. The summed E-state index contributed by atoms with van der Waals surface area (Å²) in [5.74, 6) is -0.418. The van der Waals surface area contributed by atoms with Crippen molar-refractivity contribution in [3.05, 3.63) is 47.0 Å². The van der Waals surface area contributed by atoms with Gasteiger partial charge in [0.15, 0.2) is 0 Å². The highest BCUT2D eigenvalue weighted by Crippen LogP contribution is 2.22. The number of aryl methyl sites for hydroxylation is 1. The maximum absolute atomic E-state index is 13.3. The molecule has 0 aliphatic rings. The molecule has 1 aromatic carbocycles. The summed E-state index contributed by atoms with van der Waals surface area (Å²) in [7, 11) is 0. The van der Waals surface area contributed by atoms with Crippen molar-refractivity contribution in [3.8, 4) is 0 Å². The molecule has 0 bridgehead atoms. The second-order valence-corrected chi connectivity index (χ2v) is 4.53. The van der Waals surface area contributed by atoms with E-state index in [9.17, 15) is 4.39 Å². The van der Waals surface area contributed by atoms with Crippen LogP contribution in [0.15, 0.2) is 30.6 Å². The Hall–Kier alpha value is -1.55. The molecular weight excluding hydrogens is 253 g/mol. The summed E-state index contributed by atoms with van der Waals surface area (Å²) in [5, 5.41) is 7.55. The number of halogens is 2. The number of rotatable bonds is 4. The third-order valence-electron chi connectivity index (χ3n) is 2.78. The smallest absolute Gasteiger partial charge is 0.143 e. The molecule has 1 unspecified atom stereocenters. The summed E-state index contributed by atoms with van der Waals surface area (Å²) in [6.45, 7) is 4.87. The number of anilines is 1. The molecule has 0 saturated carbocycles. The molecule has 0 spiro atoms. The Bertz CT molecular complexity index is 539. The maximum Gasteiger partial charge on any atom is 0.143 e. The summed E-state index contributed by atoms with van der Waals surface area (Å²) in [5.41, 5.74) is 1.76. The van der Waals surface area contributed by atoms with E-state index in [4.69, 9.17) is 11.6 Å². The predicted octanol–water partition coefficient (Wildman–Crippen LogP) is 3.87. The van der Waals surface area contributed by atoms with Crippen LogP contribution in [-0.2, 0) is 6.54 Å². The Labute approximate surface area is 111 Å². The Morgan fingerprint density at radius 1 is 1.50 bits per heavy atom. The van der Waals surface area contributed by atoms with Crippen LogP contribution in [0.1, 0.15) is 25.5 Å². The largest absolute Gasteiger partial charge is 0.378 e. The van der Waals surface area contributed by atoms with Crippen LogP contribution in [-0.4, -0.2) is 9.78 Å². The fraction of sp³-hybridized carbons (Fsp3) is 0.308. The first-order valence-corrected chi connectivity index (χ1v) is 6.22. The van der Waals surface area contributed by atoms with E-state index in [1.54, 1.807) is 12.1 Å². The highest BCUT2D eigenvalue weighted by atomic mass is 35.5. The lowest BCUT2D eigenvalue weighted by Crippen LogP contribution is -2.06. The minimum Gasteiger partial charge on any atom is -0.378 e. The number of hydrogen-bond acceptors (Lipinski definition) is 2. The molecule has 96 valence electrons. The van der Waals surface area contributed by atoms with Crippen molar-refractivity contribution in [3.63, 3.8) is 0 Å². The fourth-order valence-electron chi connectivity index (χ4n) is 1.70. The molecule has 3 nitrogen and oxygen atoms in total. The molecule has 1 aromatic heterocycles. The number of benzene rings is 1. The lowest BCUT2D eigenvalue weighted by Gasteiger charge is -2.13. The van der Waals surface area contributed by atoms with Gasteiger partial charge in [0.1, 0.15) is 5.82 Å². The molecule has 0 fully saturated rings. The van der Waals surface area contributed by atoms with Gasteiger partial charge in [0, 0.05) is 24.0 Å². The van der Waals surface area contributed by atoms with Crippen molar-refractivity contribution >= 4 is 17.3 Å². The Morgan fingerprint density at radius 2 is 2.28 bits per heavy atom. The molecule has 1 heterocycles. The van der Waals surface area contributed by atoms with Crippen molar-refractivity contribution in [1.29, 1.82) is 0 Å². The average molecular weight is 268 g/mol.